The maximum Gasteiger partial charge on any atom is 0.451 e. The summed E-state index contributed by atoms with van der Waals surface area (Å²) >= 11 is 11.8. The normalized spacial score (nSPS) is 17.5. The minimum atomic E-state index is -4.89. The molecule has 0 saturated heterocycles. The highest BCUT2D eigenvalue weighted by atomic mass is 35.5. The second-order valence-electron chi connectivity index (χ2n) is 8.75. The van der Waals surface area contributed by atoms with Gasteiger partial charge in [0.2, 0.25) is 11.8 Å². The molecule has 40 heavy (non-hydrogen) atoms. The van der Waals surface area contributed by atoms with E-state index in [0.717, 1.165) is 12.1 Å². The van der Waals surface area contributed by atoms with Gasteiger partial charge in [-0.15, -0.1) is 5.10 Å². The molecule has 1 unspecified atom stereocenters. The first-order chi connectivity index (χ1) is 18.6. The fourth-order valence-corrected chi connectivity index (χ4v) is 4.58. The van der Waals surface area contributed by atoms with Gasteiger partial charge in [0.05, 0.1) is 18.9 Å². The molecule has 3 aromatic rings. The van der Waals surface area contributed by atoms with Gasteiger partial charge in [0.25, 0.3) is 11.5 Å². The van der Waals surface area contributed by atoms with Crippen LogP contribution in [0.3, 0.4) is 0 Å². The number of amides is 1. The Labute approximate surface area is 232 Å². The average molecular weight is 610 g/mol. The minimum Gasteiger partial charge on any atom is -0.383 e. The first-order valence-corrected chi connectivity index (χ1v) is 12.1. The quantitative estimate of drug-likeness (QED) is 0.313. The third-order valence-corrected chi connectivity index (χ3v) is 6.41. The highest BCUT2D eigenvalue weighted by molar-refractivity contribution is 6.34. The SMILES string of the molecule is COCCn1nc(NC(=O)c2ccc(C3=NOC(c4cc(Cl)cc(Cl)c4)(C(F)(F)F)C3)cc2C)nc1C(F)(F)F. The second-order valence-corrected chi connectivity index (χ2v) is 9.62. The Morgan fingerprint density at radius 3 is 2.38 bits per heavy atom. The van der Waals surface area contributed by atoms with E-state index in [1.54, 1.807) is 0 Å². The number of halogens is 8. The number of oxime groups is 1. The minimum absolute atomic E-state index is 0.0187. The Bertz CT molecular complexity index is 1450. The number of methoxy groups -OCH3 is 1. The molecule has 2 heterocycles. The molecule has 0 fully saturated rings. The molecule has 0 radical (unpaired) electrons. The molecule has 214 valence electrons. The number of nitrogens with zero attached hydrogens (tertiary/aromatic N) is 4. The van der Waals surface area contributed by atoms with Crippen LogP contribution in [0.2, 0.25) is 10.0 Å². The predicted molar refractivity (Wildman–Crippen MR) is 132 cm³/mol. The Morgan fingerprint density at radius 1 is 1.12 bits per heavy atom. The summed E-state index contributed by atoms with van der Waals surface area (Å²) in [4.78, 5) is 21.1. The molecule has 0 aliphatic carbocycles. The fourth-order valence-electron chi connectivity index (χ4n) is 4.05. The molecule has 0 bridgehead atoms. The largest absolute Gasteiger partial charge is 0.451 e. The molecule has 1 atom stereocenters. The van der Waals surface area contributed by atoms with Gasteiger partial charge in [-0.3, -0.25) is 10.1 Å². The summed E-state index contributed by atoms with van der Waals surface area (Å²) in [6.07, 6.45) is -10.4. The van der Waals surface area contributed by atoms with Gasteiger partial charge in [-0.2, -0.15) is 31.3 Å². The number of ether oxygens (including phenoxy) is 1. The number of anilines is 1. The first kappa shape index (κ1) is 29.6. The molecule has 0 spiro atoms. The monoisotopic (exact) mass is 609 g/mol. The predicted octanol–water partition coefficient (Wildman–Crippen LogP) is 6.39. The molecule has 1 aliphatic rings. The van der Waals surface area contributed by atoms with Crippen LogP contribution in [0.4, 0.5) is 32.3 Å². The first-order valence-electron chi connectivity index (χ1n) is 11.4. The van der Waals surface area contributed by atoms with Crippen LogP contribution in [0.15, 0.2) is 41.6 Å². The maximum atomic E-state index is 14.3. The van der Waals surface area contributed by atoms with E-state index in [9.17, 15) is 31.1 Å². The van der Waals surface area contributed by atoms with Gasteiger partial charge in [0.1, 0.15) is 0 Å². The molecular weight excluding hydrogens is 591 g/mol. The molecule has 0 saturated carbocycles. The lowest BCUT2D eigenvalue weighted by Gasteiger charge is -2.29. The van der Waals surface area contributed by atoms with Gasteiger partial charge < -0.3 is 9.57 Å². The van der Waals surface area contributed by atoms with Crippen LogP contribution in [0.25, 0.3) is 0 Å². The topological polar surface area (TPSA) is 90.6 Å². The van der Waals surface area contributed by atoms with Gasteiger partial charge in [0, 0.05) is 34.7 Å². The number of benzene rings is 2. The Kier molecular flexibility index (Phi) is 8.07. The van der Waals surface area contributed by atoms with Crippen LogP contribution in [-0.2, 0) is 27.9 Å². The fraction of sp³-hybridized carbons (Fsp3) is 0.333. The molecule has 1 aromatic heterocycles. The molecule has 16 heteroatoms. The zero-order valence-electron chi connectivity index (χ0n) is 20.6. The second kappa shape index (κ2) is 10.9. The molecule has 1 amide bonds. The Hall–Kier alpha value is -3.36. The number of carbonyl (C=O) groups is 1. The van der Waals surface area contributed by atoms with Crippen LogP contribution < -0.4 is 5.32 Å². The van der Waals surface area contributed by atoms with Crippen LogP contribution in [0, 0.1) is 6.92 Å². The summed E-state index contributed by atoms with van der Waals surface area (Å²) in [5.74, 6) is -2.73. The van der Waals surface area contributed by atoms with Crippen molar-refractivity contribution in [3.8, 4) is 0 Å². The number of rotatable bonds is 7. The highest BCUT2D eigenvalue weighted by Gasteiger charge is 2.62. The smallest absolute Gasteiger partial charge is 0.383 e. The van der Waals surface area contributed by atoms with Gasteiger partial charge in [0.15, 0.2) is 0 Å². The molecule has 1 N–H and O–H groups in total. The summed E-state index contributed by atoms with van der Waals surface area (Å²) in [5.41, 5.74) is -2.69. The Balaban J connectivity index is 1.57. The van der Waals surface area contributed by atoms with E-state index in [2.05, 4.69) is 20.6 Å². The lowest BCUT2D eigenvalue weighted by molar-refractivity contribution is -0.275. The van der Waals surface area contributed by atoms with E-state index in [4.69, 9.17) is 32.8 Å². The van der Waals surface area contributed by atoms with Crippen LogP contribution in [0.5, 0.6) is 0 Å². The number of aryl methyl sites for hydroxylation is 1. The third-order valence-electron chi connectivity index (χ3n) is 5.98. The lowest BCUT2D eigenvalue weighted by Crippen LogP contribution is -2.42. The summed E-state index contributed by atoms with van der Waals surface area (Å²) in [6, 6.07) is 7.50. The lowest BCUT2D eigenvalue weighted by atomic mass is 9.86. The molecular formula is C24H19Cl2F6N5O3. The number of carbonyl (C=O) groups excluding carboxylic acids is 1. The molecule has 4 rings (SSSR count). The number of nitrogens with one attached hydrogen (secondary N) is 1. The van der Waals surface area contributed by atoms with Crippen molar-refractivity contribution in [3.63, 3.8) is 0 Å². The molecule has 2 aromatic carbocycles. The average Bonchev–Trinajstić information content (AvgIpc) is 3.47. The van der Waals surface area contributed by atoms with Crippen LogP contribution >= 0.6 is 23.2 Å². The van der Waals surface area contributed by atoms with Gasteiger partial charge in [-0.05, 0) is 48.4 Å². The van der Waals surface area contributed by atoms with Crippen molar-refractivity contribution < 1.29 is 40.7 Å². The van der Waals surface area contributed by atoms with Crippen molar-refractivity contribution in [2.45, 2.75) is 37.8 Å². The number of hydrogen-bond donors (Lipinski definition) is 1. The number of alkyl halides is 6. The van der Waals surface area contributed by atoms with E-state index in [0.29, 0.717) is 10.2 Å². The van der Waals surface area contributed by atoms with E-state index < -0.39 is 42.1 Å². The van der Waals surface area contributed by atoms with E-state index in [1.807, 2.05) is 0 Å². The van der Waals surface area contributed by atoms with Crippen molar-refractivity contribution in [2.24, 2.45) is 5.16 Å². The number of hydrogen-bond acceptors (Lipinski definition) is 6. The van der Waals surface area contributed by atoms with Crippen molar-refractivity contribution >= 4 is 40.8 Å². The molecule has 8 nitrogen and oxygen atoms in total. The highest BCUT2D eigenvalue weighted by Crippen LogP contribution is 2.49. The van der Waals surface area contributed by atoms with Crippen LogP contribution in [-0.4, -0.2) is 46.3 Å². The van der Waals surface area contributed by atoms with E-state index >= 15 is 0 Å². The summed E-state index contributed by atoms with van der Waals surface area (Å²) in [5, 5.41) is 9.53. The maximum absolute atomic E-state index is 14.3. The number of aromatic nitrogens is 3. The summed E-state index contributed by atoms with van der Waals surface area (Å²) < 4.78 is 88.0. The van der Waals surface area contributed by atoms with E-state index in [1.165, 1.54) is 38.3 Å². The van der Waals surface area contributed by atoms with Crippen molar-refractivity contribution in [2.75, 3.05) is 19.0 Å². The van der Waals surface area contributed by atoms with E-state index in [-0.39, 0.29) is 45.6 Å². The van der Waals surface area contributed by atoms with Crippen LogP contribution in [0.1, 0.15) is 39.3 Å². The van der Waals surface area contributed by atoms with Gasteiger partial charge in [-0.1, -0.05) is 34.4 Å². The third kappa shape index (κ3) is 5.88. The van der Waals surface area contributed by atoms with Crippen molar-refractivity contribution in [3.05, 3.63) is 74.5 Å². The Morgan fingerprint density at radius 2 is 1.80 bits per heavy atom. The molecule has 1 aliphatic heterocycles. The van der Waals surface area contributed by atoms with Crippen molar-refractivity contribution in [1.82, 2.24) is 14.8 Å². The van der Waals surface area contributed by atoms with Crippen molar-refractivity contribution in [1.29, 1.82) is 0 Å². The summed E-state index contributed by atoms with van der Waals surface area (Å²) in [7, 11) is 1.30. The zero-order valence-corrected chi connectivity index (χ0v) is 22.1. The standard InChI is InChI=1S/C24H19Cl2F6N5O3/c1-12-7-13(18-11-22(40-36-18,24(30,31)32)14-8-15(25)10-16(26)9-14)3-4-17(12)19(38)33-21-34-20(23(27,28)29)37(35-21)5-6-39-2/h3-4,7-10H,5-6,11H2,1-2H3,(H,33,35,38). The van der Waals surface area contributed by atoms with Gasteiger partial charge >= 0.3 is 12.4 Å². The van der Waals surface area contributed by atoms with Gasteiger partial charge in [-0.25, -0.2) is 4.68 Å². The summed E-state index contributed by atoms with van der Waals surface area (Å²) in [6.45, 7) is 1.16. The zero-order chi connectivity index (χ0) is 29.5.